The van der Waals surface area contributed by atoms with Crippen LogP contribution in [0.4, 0.5) is 27.7 Å². The Labute approximate surface area is 277 Å². The van der Waals surface area contributed by atoms with Crippen molar-refractivity contribution in [2.24, 2.45) is 0 Å². The maximum absolute atomic E-state index is 13.6. The molecule has 1 aliphatic rings. The van der Waals surface area contributed by atoms with Gasteiger partial charge >= 0.3 is 6.03 Å². The molecule has 0 aliphatic carbocycles. The lowest BCUT2D eigenvalue weighted by molar-refractivity contribution is 0.0242. The molecular weight excluding hydrogens is 616 g/mol. The first-order valence-electron chi connectivity index (χ1n) is 15.5. The Hall–Kier alpha value is -4.39. The fourth-order valence-corrected chi connectivity index (χ4v) is 6.42. The molecule has 250 valence electrons. The molecule has 2 heterocycles. The molecule has 1 atom stereocenters. The van der Waals surface area contributed by atoms with E-state index in [0.29, 0.717) is 24.6 Å². The number of aromatic nitrogens is 1. The van der Waals surface area contributed by atoms with Gasteiger partial charge in [-0.15, -0.1) is 0 Å². The molecule has 0 spiro atoms. The Morgan fingerprint density at radius 1 is 0.957 bits per heavy atom. The molecule has 0 radical (unpaired) electrons. The van der Waals surface area contributed by atoms with Crippen LogP contribution in [0, 0.1) is 0 Å². The Kier molecular flexibility index (Phi) is 9.94. The number of ether oxygens (including phenoxy) is 2. The van der Waals surface area contributed by atoms with Gasteiger partial charge in [0.1, 0.15) is 5.82 Å². The lowest BCUT2D eigenvalue weighted by Crippen LogP contribution is -2.39. The van der Waals surface area contributed by atoms with Crippen LogP contribution in [0.5, 0.6) is 5.75 Å². The molecule has 3 N–H and O–H groups in total. The first-order chi connectivity index (χ1) is 22.2. The van der Waals surface area contributed by atoms with E-state index >= 15 is 0 Å². The zero-order chi connectivity index (χ0) is 33.9. The second-order valence-corrected chi connectivity index (χ2v) is 14.7. The van der Waals surface area contributed by atoms with Crippen molar-refractivity contribution in [3.05, 3.63) is 83.6 Å². The van der Waals surface area contributed by atoms with Gasteiger partial charge in [0.15, 0.2) is 5.75 Å². The van der Waals surface area contributed by atoms with Gasteiger partial charge in [0, 0.05) is 38.8 Å². The number of nitrogens with one attached hydrogen (secondary N) is 3. The minimum absolute atomic E-state index is 0.0569. The number of sulfonamides is 1. The SMILES string of the molecule is COc1c(NC(=O)Nc2ccc(C(c3ccnc(N(C)C)c3)N3CCOCC3)c3ccccc23)cc(C(C)(C)C)cc1NS(C)(=O)=O. The second kappa shape index (κ2) is 13.8. The number of morpholine rings is 1. The molecule has 1 saturated heterocycles. The number of benzene rings is 3. The first kappa shape index (κ1) is 34.0. The minimum Gasteiger partial charge on any atom is -0.492 e. The van der Waals surface area contributed by atoms with Gasteiger partial charge in [0.2, 0.25) is 10.0 Å². The predicted molar refractivity (Wildman–Crippen MR) is 190 cm³/mol. The Bertz CT molecular complexity index is 1870. The molecule has 0 bridgehead atoms. The van der Waals surface area contributed by atoms with E-state index in [9.17, 15) is 13.2 Å². The topological polar surface area (TPSA) is 125 Å². The van der Waals surface area contributed by atoms with Gasteiger partial charge in [-0.25, -0.2) is 18.2 Å². The quantitative estimate of drug-likeness (QED) is 0.198. The number of nitrogens with zero attached hydrogens (tertiary/aromatic N) is 3. The molecule has 4 aromatic rings. The van der Waals surface area contributed by atoms with Gasteiger partial charge in [-0.1, -0.05) is 51.1 Å². The van der Waals surface area contributed by atoms with Gasteiger partial charge in [0.25, 0.3) is 0 Å². The van der Waals surface area contributed by atoms with E-state index in [2.05, 4.69) is 49.5 Å². The number of hydrogen-bond donors (Lipinski definition) is 3. The van der Waals surface area contributed by atoms with E-state index in [0.717, 1.165) is 52.6 Å². The first-order valence-corrected chi connectivity index (χ1v) is 17.4. The van der Waals surface area contributed by atoms with Gasteiger partial charge in [0.05, 0.1) is 49.7 Å². The van der Waals surface area contributed by atoms with Crippen LogP contribution in [0.2, 0.25) is 0 Å². The lowest BCUT2D eigenvalue weighted by atomic mass is 9.86. The molecule has 1 aromatic heterocycles. The van der Waals surface area contributed by atoms with Crippen molar-refractivity contribution in [2.45, 2.75) is 32.2 Å². The van der Waals surface area contributed by atoms with Crippen molar-refractivity contribution in [1.82, 2.24) is 9.88 Å². The monoisotopic (exact) mass is 660 g/mol. The number of carbonyl (C=O) groups is 1. The van der Waals surface area contributed by atoms with Crippen molar-refractivity contribution in [3.63, 3.8) is 0 Å². The molecule has 47 heavy (non-hydrogen) atoms. The third-order valence-corrected chi connectivity index (χ3v) is 8.75. The number of anilines is 4. The highest BCUT2D eigenvalue weighted by molar-refractivity contribution is 7.92. The number of methoxy groups -OCH3 is 1. The predicted octanol–water partition coefficient (Wildman–Crippen LogP) is 6.04. The van der Waals surface area contributed by atoms with Crippen molar-refractivity contribution < 1.29 is 22.7 Å². The lowest BCUT2D eigenvalue weighted by Gasteiger charge is -2.36. The van der Waals surface area contributed by atoms with Crippen molar-refractivity contribution in [1.29, 1.82) is 0 Å². The number of hydrogen-bond acceptors (Lipinski definition) is 8. The number of carbonyl (C=O) groups excluding carboxylic acids is 1. The molecule has 2 amide bonds. The average molecular weight is 661 g/mol. The maximum Gasteiger partial charge on any atom is 0.323 e. The van der Waals surface area contributed by atoms with Gasteiger partial charge in [-0.3, -0.25) is 9.62 Å². The molecular formula is C35H44N6O5S. The van der Waals surface area contributed by atoms with Crippen molar-refractivity contribution in [2.75, 3.05) is 74.0 Å². The maximum atomic E-state index is 13.6. The van der Waals surface area contributed by atoms with E-state index in [1.807, 2.05) is 70.2 Å². The molecule has 1 unspecified atom stereocenters. The third kappa shape index (κ3) is 7.95. The molecule has 12 heteroatoms. The summed E-state index contributed by atoms with van der Waals surface area (Å²) in [6.07, 6.45) is 2.92. The van der Waals surface area contributed by atoms with E-state index in [1.54, 1.807) is 12.1 Å². The number of pyridine rings is 1. The smallest absolute Gasteiger partial charge is 0.323 e. The zero-order valence-electron chi connectivity index (χ0n) is 28.0. The summed E-state index contributed by atoms with van der Waals surface area (Å²) < 4.78 is 38.1. The normalized spacial score (nSPS) is 14.8. The van der Waals surface area contributed by atoms with Gasteiger partial charge in [-0.05, 0) is 57.8 Å². The summed E-state index contributed by atoms with van der Waals surface area (Å²) in [7, 11) is 1.79. The fraction of sp³-hybridized carbons (Fsp3) is 0.371. The van der Waals surface area contributed by atoms with E-state index in [4.69, 9.17) is 9.47 Å². The minimum atomic E-state index is -3.61. The number of rotatable bonds is 9. The van der Waals surface area contributed by atoms with Crippen molar-refractivity contribution >= 4 is 49.7 Å². The Morgan fingerprint density at radius 3 is 2.26 bits per heavy atom. The van der Waals surface area contributed by atoms with Gasteiger partial charge in [-0.2, -0.15) is 0 Å². The van der Waals surface area contributed by atoms with Crippen LogP contribution in [0.15, 0.2) is 66.9 Å². The Balaban J connectivity index is 1.53. The summed E-state index contributed by atoms with van der Waals surface area (Å²) in [6.45, 7) is 8.90. The molecule has 0 saturated carbocycles. The molecule has 1 fully saturated rings. The third-order valence-electron chi connectivity index (χ3n) is 8.16. The number of urea groups is 1. The molecule has 11 nitrogen and oxygen atoms in total. The summed E-state index contributed by atoms with van der Waals surface area (Å²) in [6, 6.07) is 19.2. The summed E-state index contributed by atoms with van der Waals surface area (Å²) in [4.78, 5) is 22.6. The molecule has 3 aromatic carbocycles. The summed E-state index contributed by atoms with van der Waals surface area (Å²) in [5.41, 5.74) is 3.93. The fourth-order valence-electron chi connectivity index (χ4n) is 5.87. The summed E-state index contributed by atoms with van der Waals surface area (Å²) in [5.74, 6) is 1.09. The zero-order valence-corrected chi connectivity index (χ0v) is 28.9. The van der Waals surface area contributed by atoms with Crippen molar-refractivity contribution in [3.8, 4) is 5.75 Å². The van der Waals surface area contributed by atoms with Crippen LogP contribution in [0.1, 0.15) is 43.5 Å². The highest BCUT2D eigenvalue weighted by Crippen LogP contribution is 2.40. The van der Waals surface area contributed by atoms with E-state index < -0.39 is 16.1 Å². The van der Waals surface area contributed by atoms with Crippen LogP contribution in [-0.2, 0) is 20.2 Å². The molecule has 5 rings (SSSR count). The highest BCUT2D eigenvalue weighted by atomic mass is 32.2. The van der Waals surface area contributed by atoms with Crippen LogP contribution < -0.4 is 25.0 Å². The van der Waals surface area contributed by atoms with Crippen LogP contribution in [0.25, 0.3) is 10.8 Å². The standard InChI is InChI=1S/C35H44N6O5S/c1-35(2,3)24-21-29(33(45-6)30(22-24)39-47(7,43)44)38-34(42)37-28-13-12-27(25-10-8-9-11-26(25)28)32(41-16-18-46-19-17-41)23-14-15-36-31(20-23)40(4)5/h8-15,20-22,32,39H,16-19H2,1-7H3,(H2,37,38,42). The average Bonchev–Trinajstić information content (AvgIpc) is 3.01. The van der Waals surface area contributed by atoms with Crippen LogP contribution in [-0.4, -0.2) is 78.1 Å². The summed E-state index contributed by atoms with van der Waals surface area (Å²) >= 11 is 0. The van der Waals surface area contributed by atoms with E-state index in [-0.39, 0.29) is 22.9 Å². The van der Waals surface area contributed by atoms with E-state index in [1.165, 1.54) is 7.11 Å². The summed E-state index contributed by atoms with van der Waals surface area (Å²) in [5, 5.41) is 7.82. The number of amides is 2. The van der Waals surface area contributed by atoms with Gasteiger partial charge < -0.3 is 25.0 Å². The van der Waals surface area contributed by atoms with Crippen LogP contribution in [0.3, 0.4) is 0 Å². The largest absolute Gasteiger partial charge is 0.492 e. The van der Waals surface area contributed by atoms with Crippen LogP contribution >= 0.6 is 0 Å². The second-order valence-electron chi connectivity index (χ2n) is 12.9. The number of fused-ring (bicyclic) bond motifs is 1. The molecule has 1 aliphatic heterocycles. The highest BCUT2D eigenvalue weighted by Gasteiger charge is 2.27. The Morgan fingerprint density at radius 2 is 1.62 bits per heavy atom.